The lowest BCUT2D eigenvalue weighted by Crippen LogP contribution is -2.42. The molecule has 0 bridgehead atoms. The molecule has 6 aliphatic rings. The zero-order chi connectivity index (χ0) is 15.3. The van der Waals surface area contributed by atoms with E-state index in [-0.39, 0.29) is 15.8 Å². The molecule has 23 heavy (non-hydrogen) atoms. The summed E-state index contributed by atoms with van der Waals surface area (Å²) in [5, 5.41) is 11.5. The summed E-state index contributed by atoms with van der Waals surface area (Å²) in [6, 6.07) is 1.67. The van der Waals surface area contributed by atoms with Crippen LogP contribution in [0.1, 0.15) is 77.0 Å². The first-order chi connectivity index (χ1) is 11.2. The smallest absolute Gasteiger partial charge is 0.149 e. The van der Waals surface area contributed by atoms with Crippen molar-refractivity contribution < 1.29 is 4.57 Å². The lowest BCUT2D eigenvalue weighted by molar-refractivity contribution is 0.433. The Morgan fingerprint density at radius 2 is 0.957 bits per heavy atom. The molecule has 3 saturated carbocycles. The van der Waals surface area contributed by atoms with Gasteiger partial charge in [0.25, 0.3) is 0 Å². The summed E-state index contributed by atoms with van der Waals surface area (Å²) >= 11 is 0. The summed E-state index contributed by atoms with van der Waals surface area (Å²) in [5.74, 6) is 0. The minimum Gasteiger partial charge on any atom is -0.318 e. The van der Waals surface area contributed by atoms with E-state index in [2.05, 4.69) is 16.0 Å². The first-order valence-corrected chi connectivity index (χ1v) is 11.8. The predicted molar refractivity (Wildman–Crippen MR) is 92.0 cm³/mol. The molecule has 6 unspecified atom stereocenters. The minimum atomic E-state index is -2.39. The van der Waals surface area contributed by atoms with Crippen molar-refractivity contribution in [2.24, 2.45) is 0 Å². The van der Waals surface area contributed by atoms with Gasteiger partial charge in [-0.1, -0.05) is 38.5 Å². The van der Waals surface area contributed by atoms with Gasteiger partial charge >= 0.3 is 0 Å². The minimum absolute atomic E-state index is 0.00340. The van der Waals surface area contributed by atoms with E-state index in [1.807, 2.05) is 0 Å². The van der Waals surface area contributed by atoms with Crippen molar-refractivity contribution in [3.63, 3.8) is 0 Å². The van der Waals surface area contributed by atoms with Crippen molar-refractivity contribution >= 4 is 7.14 Å². The molecule has 0 aromatic carbocycles. The van der Waals surface area contributed by atoms with Crippen molar-refractivity contribution in [2.45, 2.75) is 111 Å². The third-order valence-corrected chi connectivity index (χ3v) is 13.7. The maximum absolute atomic E-state index is 15.2. The van der Waals surface area contributed by atoms with Crippen LogP contribution in [0.4, 0.5) is 0 Å². The van der Waals surface area contributed by atoms with Gasteiger partial charge in [0, 0.05) is 18.1 Å². The topological polar surface area (TPSA) is 82.9 Å². The van der Waals surface area contributed by atoms with E-state index in [0.717, 1.165) is 0 Å². The van der Waals surface area contributed by atoms with E-state index in [1.54, 1.807) is 0 Å². The average molecular weight is 335 g/mol. The SMILES string of the molecule is O=P(C12CCCCC1N2)(C12CCCCC1N2)C12CCCCC1N2. The molecule has 5 heteroatoms. The molecule has 6 rings (SSSR count). The Hall–Kier alpha value is 0.110. The monoisotopic (exact) mass is 335 g/mol. The van der Waals surface area contributed by atoms with Gasteiger partial charge in [-0.2, -0.15) is 0 Å². The Bertz CT molecular complexity index is 530. The third-order valence-electron chi connectivity index (χ3n) is 8.34. The van der Waals surface area contributed by atoms with Gasteiger partial charge in [0.05, 0.1) is 15.8 Å². The maximum atomic E-state index is 15.2. The molecule has 0 spiro atoms. The summed E-state index contributed by atoms with van der Waals surface area (Å²) < 4.78 is 15.2. The van der Waals surface area contributed by atoms with Crippen LogP contribution in [0.2, 0.25) is 0 Å². The Morgan fingerprint density at radius 1 is 0.609 bits per heavy atom. The second kappa shape index (κ2) is 4.26. The van der Waals surface area contributed by atoms with Crippen LogP contribution in [0.3, 0.4) is 0 Å². The lowest BCUT2D eigenvalue weighted by atomic mass is 9.99. The number of nitrogens with one attached hydrogen (secondary N) is 3. The molecular formula is C18H30N3OP. The highest BCUT2D eigenvalue weighted by Crippen LogP contribution is 2.88. The molecule has 0 aromatic rings. The summed E-state index contributed by atoms with van der Waals surface area (Å²) in [5.41, 5.74) is 0. The molecule has 0 aromatic heterocycles. The fraction of sp³-hybridized carbons (Fsp3) is 1.00. The lowest BCUT2D eigenvalue weighted by Gasteiger charge is -2.43. The van der Waals surface area contributed by atoms with E-state index >= 15 is 4.57 Å². The van der Waals surface area contributed by atoms with Crippen molar-refractivity contribution in [2.75, 3.05) is 0 Å². The van der Waals surface area contributed by atoms with Gasteiger partial charge in [0.1, 0.15) is 7.14 Å². The fourth-order valence-electron chi connectivity index (χ4n) is 7.15. The molecule has 4 nitrogen and oxygen atoms in total. The number of fused-ring (bicyclic) bond motifs is 3. The molecule has 128 valence electrons. The maximum Gasteiger partial charge on any atom is 0.149 e. The van der Waals surface area contributed by atoms with Gasteiger partial charge in [0.2, 0.25) is 0 Å². The molecule has 0 amide bonds. The normalized spacial score (nSPS) is 59.0. The van der Waals surface area contributed by atoms with Gasteiger partial charge in [-0.05, 0) is 38.5 Å². The summed E-state index contributed by atoms with van der Waals surface area (Å²) in [6.45, 7) is 0. The molecule has 3 saturated heterocycles. The number of rotatable bonds is 3. The van der Waals surface area contributed by atoms with Crippen molar-refractivity contribution in [3.8, 4) is 0 Å². The average Bonchev–Trinajstić information content (AvgIpc) is 3.48. The zero-order valence-electron chi connectivity index (χ0n) is 14.1. The first kappa shape index (κ1) is 14.3. The van der Waals surface area contributed by atoms with Gasteiger partial charge in [-0.3, -0.25) is 16.0 Å². The highest BCUT2D eigenvalue weighted by atomic mass is 31.2. The van der Waals surface area contributed by atoms with E-state index in [0.29, 0.717) is 18.1 Å². The molecule has 3 N–H and O–H groups in total. The number of hydrogen-bond acceptors (Lipinski definition) is 4. The quantitative estimate of drug-likeness (QED) is 0.547. The fourth-order valence-corrected chi connectivity index (χ4v) is 13.4. The van der Waals surface area contributed by atoms with Gasteiger partial charge in [0.15, 0.2) is 0 Å². The summed E-state index contributed by atoms with van der Waals surface area (Å²) in [6.07, 6.45) is 15.1. The largest absolute Gasteiger partial charge is 0.318 e. The molecule has 3 aliphatic carbocycles. The van der Waals surface area contributed by atoms with Crippen LogP contribution < -0.4 is 16.0 Å². The summed E-state index contributed by atoms with van der Waals surface area (Å²) in [4.78, 5) is 0. The molecular weight excluding hydrogens is 305 g/mol. The molecule has 6 fully saturated rings. The van der Waals surface area contributed by atoms with Gasteiger partial charge in [-0.25, -0.2) is 0 Å². The second-order valence-corrected chi connectivity index (χ2v) is 12.8. The number of hydrogen-bond donors (Lipinski definition) is 3. The standard InChI is InChI=1S/C18H30N3OP/c22-23(16-10-4-1-7-13(16)19-16,17-11-5-2-8-14(17)20-17)18-12-6-3-9-15(18)21-18/h13-15,19-21H,1-12H2. The van der Waals surface area contributed by atoms with Crippen molar-refractivity contribution in [3.05, 3.63) is 0 Å². The van der Waals surface area contributed by atoms with E-state index in [9.17, 15) is 0 Å². The highest BCUT2D eigenvalue weighted by Gasteiger charge is 2.86. The van der Waals surface area contributed by atoms with Crippen LogP contribution in [0.15, 0.2) is 0 Å². The molecule has 3 aliphatic heterocycles. The van der Waals surface area contributed by atoms with E-state index in [4.69, 9.17) is 0 Å². The van der Waals surface area contributed by atoms with Crippen LogP contribution in [0.5, 0.6) is 0 Å². The Balaban J connectivity index is 1.48. The predicted octanol–water partition coefficient (Wildman–Crippen LogP) is 3.08. The Labute approximate surface area is 139 Å². The van der Waals surface area contributed by atoms with Crippen LogP contribution in [-0.2, 0) is 4.57 Å². The Morgan fingerprint density at radius 3 is 1.26 bits per heavy atom. The summed E-state index contributed by atoms with van der Waals surface area (Å²) in [7, 11) is -2.39. The molecule has 6 atom stereocenters. The van der Waals surface area contributed by atoms with Crippen LogP contribution in [-0.4, -0.2) is 34.0 Å². The van der Waals surface area contributed by atoms with Crippen molar-refractivity contribution in [1.29, 1.82) is 0 Å². The van der Waals surface area contributed by atoms with Crippen LogP contribution >= 0.6 is 7.14 Å². The van der Waals surface area contributed by atoms with Gasteiger partial charge in [-0.15, -0.1) is 0 Å². The van der Waals surface area contributed by atoms with Crippen LogP contribution in [0.25, 0.3) is 0 Å². The second-order valence-electron chi connectivity index (χ2n) is 9.21. The van der Waals surface area contributed by atoms with E-state index in [1.165, 1.54) is 77.0 Å². The zero-order valence-corrected chi connectivity index (χ0v) is 15.0. The Kier molecular flexibility index (Phi) is 2.65. The van der Waals surface area contributed by atoms with Gasteiger partial charge < -0.3 is 4.57 Å². The third kappa shape index (κ3) is 1.47. The van der Waals surface area contributed by atoms with E-state index < -0.39 is 7.14 Å². The first-order valence-electron chi connectivity index (χ1n) is 10.1. The van der Waals surface area contributed by atoms with Crippen LogP contribution in [0, 0.1) is 0 Å². The highest BCUT2D eigenvalue weighted by molar-refractivity contribution is 7.70. The molecule has 3 heterocycles. The molecule has 0 radical (unpaired) electrons. The van der Waals surface area contributed by atoms with Crippen molar-refractivity contribution in [1.82, 2.24) is 16.0 Å².